The average Bonchev–Trinajstić information content (AvgIpc) is 2.14. The third-order valence-corrected chi connectivity index (χ3v) is 5.26. The van der Waals surface area contributed by atoms with Crippen molar-refractivity contribution >= 4 is 41.2 Å². The van der Waals surface area contributed by atoms with Crippen molar-refractivity contribution in [2.45, 2.75) is 4.90 Å². The Labute approximate surface area is 103 Å². The summed E-state index contributed by atoms with van der Waals surface area (Å²) in [5.74, 6) is -1.27. The van der Waals surface area contributed by atoms with E-state index in [4.69, 9.17) is 22.3 Å². The van der Waals surface area contributed by atoms with Crippen molar-refractivity contribution in [1.82, 2.24) is 4.98 Å². The minimum atomic E-state index is -3.84. The first-order chi connectivity index (χ1) is 7.22. The van der Waals surface area contributed by atoms with Gasteiger partial charge in [-0.25, -0.2) is 16.8 Å². The van der Waals surface area contributed by atoms with Gasteiger partial charge in [0.25, 0.3) is 0 Å². The molecule has 5 nitrogen and oxygen atoms in total. The zero-order chi connectivity index (χ0) is 12.4. The number of sulfone groups is 1. The summed E-state index contributed by atoms with van der Waals surface area (Å²) in [5.41, 5.74) is 0. The number of pyridine rings is 1. The maximum Gasteiger partial charge on any atom is 0.233 e. The summed E-state index contributed by atoms with van der Waals surface area (Å²) >= 11 is 5.63. The van der Waals surface area contributed by atoms with Crippen molar-refractivity contribution in [1.29, 1.82) is 0 Å². The van der Waals surface area contributed by atoms with E-state index < -0.39 is 30.4 Å². The van der Waals surface area contributed by atoms with Crippen LogP contribution in [0.1, 0.15) is 0 Å². The highest BCUT2D eigenvalue weighted by Gasteiger charge is 2.20. The van der Waals surface area contributed by atoms with E-state index in [0.717, 1.165) is 0 Å². The molecule has 0 spiro atoms. The first kappa shape index (κ1) is 13.7. The third-order valence-electron chi connectivity index (χ3n) is 1.67. The first-order valence-electron chi connectivity index (χ1n) is 3.97. The molecule has 0 fully saturated rings. The van der Waals surface area contributed by atoms with E-state index in [-0.39, 0.29) is 9.92 Å². The Morgan fingerprint density at radius 1 is 1.19 bits per heavy atom. The van der Waals surface area contributed by atoms with Crippen LogP contribution in [0.2, 0.25) is 5.02 Å². The Morgan fingerprint density at radius 2 is 1.81 bits per heavy atom. The topological polar surface area (TPSA) is 81.2 Å². The Balaban J connectivity index is 3.01. The van der Waals surface area contributed by atoms with Crippen LogP contribution in [0.3, 0.4) is 0 Å². The van der Waals surface area contributed by atoms with Gasteiger partial charge in [-0.05, 0) is 6.07 Å². The molecule has 0 aliphatic rings. The van der Waals surface area contributed by atoms with Gasteiger partial charge in [0.2, 0.25) is 9.05 Å². The molecule has 90 valence electrons. The summed E-state index contributed by atoms with van der Waals surface area (Å²) in [6.45, 7) is 0. The van der Waals surface area contributed by atoms with Crippen LogP contribution in [0.25, 0.3) is 0 Å². The van der Waals surface area contributed by atoms with Crippen LogP contribution in [-0.2, 0) is 18.9 Å². The number of hydrogen-bond acceptors (Lipinski definition) is 5. The largest absolute Gasteiger partial charge is 0.263 e. The lowest BCUT2D eigenvalue weighted by molar-refractivity contribution is 0.592. The fourth-order valence-corrected chi connectivity index (χ4v) is 4.48. The number of hydrogen-bond donors (Lipinski definition) is 0. The quantitative estimate of drug-likeness (QED) is 0.777. The third kappa shape index (κ3) is 3.89. The lowest BCUT2D eigenvalue weighted by Crippen LogP contribution is -2.14. The van der Waals surface area contributed by atoms with Crippen molar-refractivity contribution in [2.75, 3.05) is 11.5 Å². The fourth-order valence-electron chi connectivity index (χ4n) is 0.934. The molecule has 0 aliphatic carbocycles. The summed E-state index contributed by atoms with van der Waals surface area (Å²) in [6.07, 6.45) is 2.43. The second-order valence-corrected chi connectivity index (χ2v) is 8.25. The van der Waals surface area contributed by atoms with E-state index in [1.165, 1.54) is 18.5 Å². The van der Waals surface area contributed by atoms with Gasteiger partial charge in [0, 0.05) is 23.1 Å². The van der Waals surface area contributed by atoms with Crippen LogP contribution in [0.5, 0.6) is 0 Å². The van der Waals surface area contributed by atoms with Gasteiger partial charge in [0.05, 0.1) is 21.4 Å². The van der Waals surface area contributed by atoms with E-state index in [0.29, 0.717) is 0 Å². The first-order valence-corrected chi connectivity index (χ1v) is 8.48. The molecule has 1 aromatic heterocycles. The van der Waals surface area contributed by atoms with E-state index in [1.54, 1.807) is 0 Å². The van der Waals surface area contributed by atoms with Gasteiger partial charge in [0.15, 0.2) is 9.84 Å². The van der Waals surface area contributed by atoms with Crippen LogP contribution in [0.15, 0.2) is 23.4 Å². The van der Waals surface area contributed by atoms with E-state index in [1.807, 2.05) is 0 Å². The highest BCUT2D eigenvalue weighted by molar-refractivity contribution is 8.14. The molecule has 9 heteroatoms. The lowest BCUT2D eigenvalue weighted by atomic mass is 10.5. The van der Waals surface area contributed by atoms with Crippen LogP contribution < -0.4 is 0 Å². The van der Waals surface area contributed by atoms with Crippen molar-refractivity contribution in [3.05, 3.63) is 23.5 Å². The second-order valence-electron chi connectivity index (χ2n) is 2.87. The molecule has 16 heavy (non-hydrogen) atoms. The van der Waals surface area contributed by atoms with Crippen molar-refractivity contribution < 1.29 is 16.8 Å². The molecule has 0 aliphatic heterocycles. The molecule has 1 heterocycles. The van der Waals surface area contributed by atoms with Crippen LogP contribution in [-0.4, -0.2) is 33.3 Å². The minimum absolute atomic E-state index is 0.0468. The van der Waals surface area contributed by atoms with Gasteiger partial charge in [0.1, 0.15) is 0 Å². The molecule has 0 aromatic carbocycles. The van der Waals surface area contributed by atoms with Crippen LogP contribution in [0.4, 0.5) is 0 Å². The zero-order valence-electron chi connectivity index (χ0n) is 7.80. The normalized spacial score (nSPS) is 12.6. The molecule has 0 amide bonds. The molecule has 0 radical (unpaired) electrons. The molecule has 0 saturated heterocycles. The van der Waals surface area contributed by atoms with Crippen molar-refractivity contribution in [2.24, 2.45) is 0 Å². The monoisotopic (exact) mass is 303 g/mol. The highest BCUT2D eigenvalue weighted by atomic mass is 35.7. The molecule has 0 unspecified atom stereocenters. The van der Waals surface area contributed by atoms with Gasteiger partial charge in [-0.3, -0.25) is 4.98 Å². The smallest absolute Gasteiger partial charge is 0.233 e. The standard InChI is InChI=1S/C7H7Cl2NO4S2/c8-6-5-10-2-1-7(6)15(11,12)3-4-16(9,13)14/h1-2,5H,3-4H2. The van der Waals surface area contributed by atoms with Gasteiger partial charge < -0.3 is 0 Å². The molecular formula is C7H7Cl2NO4S2. The lowest BCUT2D eigenvalue weighted by Gasteiger charge is -2.04. The average molecular weight is 304 g/mol. The highest BCUT2D eigenvalue weighted by Crippen LogP contribution is 2.20. The fraction of sp³-hybridized carbons (Fsp3) is 0.286. The van der Waals surface area contributed by atoms with E-state index >= 15 is 0 Å². The number of rotatable bonds is 4. The van der Waals surface area contributed by atoms with Gasteiger partial charge >= 0.3 is 0 Å². The van der Waals surface area contributed by atoms with Crippen LogP contribution in [0, 0.1) is 0 Å². The SMILES string of the molecule is O=S(=O)(Cl)CCS(=O)(=O)c1ccncc1Cl. The van der Waals surface area contributed by atoms with Crippen molar-refractivity contribution in [3.63, 3.8) is 0 Å². The summed E-state index contributed by atoms with van der Waals surface area (Å²) in [5, 5.41) is -0.0468. The zero-order valence-corrected chi connectivity index (χ0v) is 10.9. The molecule has 1 rings (SSSR count). The van der Waals surface area contributed by atoms with E-state index in [9.17, 15) is 16.8 Å². The number of halogens is 2. The Hall–Kier alpha value is -0.370. The molecule has 0 atom stereocenters. The minimum Gasteiger partial charge on any atom is -0.263 e. The number of aromatic nitrogens is 1. The summed E-state index contributed by atoms with van der Waals surface area (Å²) in [4.78, 5) is 3.48. The molecular weight excluding hydrogens is 297 g/mol. The molecule has 0 saturated carbocycles. The molecule has 0 N–H and O–H groups in total. The van der Waals surface area contributed by atoms with Gasteiger partial charge in [-0.15, -0.1) is 0 Å². The molecule has 0 bridgehead atoms. The van der Waals surface area contributed by atoms with Gasteiger partial charge in [-0.1, -0.05) is 11.6 Å². The van der Waals surface area contributed by atoms with Gasteiger partial charge in [-0.2, -0.15) is 0 Å². The predicted molar refractivity (Wildman–Crippen MR) is 60.9 cm³/mol. The maximum atomic E-state index is 11.7. The Morgan fingerprint density at radius 3 is 2.31 bits per heavy atom. The van der Waals surface area contributed by atoms with Crippen molar-refractivity contribution in [3.8, 4) is 0 Å². The predicted octanol–water partition coefficient (Wildman–Crippen LogP) is 1.08. The Kier molecular flexibility index (Phi) is 4.17. The number of nitrogens with zero attached hydrogens (tertiary/aromatic N) is 1. The second kappa shape index (κ2) is 4.87. The summed E-state index contributed by atoms with van der Waals surface area (Å²) < 4.78 is 44.6. The maximum absolute atomic E-state index is 11.7. The van der Waals surface area contributed by atoms with Crippen LogP contribution >= 0.6 is 22.3 Å². The summed E-state index contributed by atoms with van der Waals surface area (Å²) in [6, 6.07) is 1.21. The van der Waals surface area contributed by atoms with E-state index in [2.05, 4.69) is 4.98 Å². The Bertz CT molecular complexity index is 582. The molecule has 1 aromatic rings. The summed E-state index contributed by atoms with van der Waals surface area (Å²) in [7, 11) is -2.67.